The zero-order chi connectivity index (χ0) is 24.6. The molecule has 2 rings (SSSR count). The Hall–Kier alpha value is -2.00. The first kappa shape index (κ1) is 27.2. The van der Waals surface area contributed by atoms with Gasteiger partial charge in [0.05, 0.1) is 29.5 Å². The van der Waals surface area contributed by atoms with Crippen molar-refractivity contribution >= 4 is 50.4 Å². The van der Waals surface area contributed by atoms with E-state index in [1.165, 1.54) is 0 Å². The van der Waals surface area contributed by atoms with Crippen LogP contribution in [0, 0.1) is 0 Å². The van der Waals surface area contributed by atoms with Crippen LogP contribution in [0.25, 0.3) is 0 Å². The molecular weight excluding hydrogens is 487 g/mol. The summed E-state index contributed by atoms with van der Waals surface area (Å²) in [5.74, 6) is 0.600. The molecule has 0 bridgehead atoms. The number of rotatable bonds is 13. The molecule has 1 N–H and O–H groups in total. The number of ketones is 1. The number of halogens is 2. The average molecular weight is 517 g/mol. The Kier molecular flexibility index (Phi) is 10.3. The molecule has 0 aliphatic carbocycles. The average Bonchev–Trinajstić information content (AvgIpc) is 2.73. The van der Waals surface area contributed by atoms with E-state index < -0.39 is 10.0 Å². The van der Waals surface area contributed by atoms with Crippen molar-refractivity contribution < 1.29 is 22.7 Å². The highest BCUT2D eigenvalue weighted by molar-refractivity contribution is 7.88. The molecule has 0 aliphatic rings. The van der Waals surface area contributed by atoms with Gasteiger partial charge in [-0.05, 0) is 56.7 Å². The first-order chi connectivity index (χ1) is 15.5. The van der Waals surface area contributed by atoms with Crippen molar-refractivity contribution in [1.82, 2.24) is 4.72 Å². The van der Waals surface area contributed by atoms with Gasteiger partial charge in [0.25, 0.3) is 0 Å². The summed E-state index contributed by atoms with van der Waals surface area (Å²) in [4.78, 5) is 13.9. The molecule has 2 aromatic rings. The highest BCUT2D eigenvalue weighted by atomic mass is 35.5. The van der Waals surface area contributed by atoms with Crippen LogP contribution in [-0.4, -0.2) is 46.3 Å². The Morgan fingerprint density at radius 1 is 1.06 bits per heavy atom. The molecule has 0 aliphatic heterocycles. The van der Waals surface area contributed by atoms with Gasteiger partial charge in [0.15, 0.2) is 11.5 Å². The molecule has 0 spiro atoms. The number of unbranched alkanes of at least 4 members (excludes halogenated alkanes) is 1. The van der Waals surface area contributed by atoms with Gasteiger partial charge in [-0.2, -0.15) is 0 Å². The van der Waals surface area contributed by atoms with Crippen LogP contribution in [0.15, 0.2) is 36.4 Å². The van der Waals surface area contributed by atoms with Crippen LogP contribution in [-0.2, 0) is 14.8 Å². The summed E-state index contributed by atoms with van der Waals surface area (Å²) >= 11 is 12.9. The van der Waals surface area contributed by atoms with E-state index in [9.17, 15) is 13.2 Å². The Morgan fingerprint density at radius 2 is 1.67 bits per heavy atom. The molecule has 10 heteroatoms. The summed E-state index contributed by atoms with van der Waals surface area (Å²) < 4.78 is 35.5. The fraction of sp³-hybridized carbons (Fsp3) is 0.435. The standard InChI is InChI=1S/C23H30Cl2N2O5S/c1-5-6-11-31-23-21(24)12-18(13-22(23)25)27(16(2)3)17-7-9-20(10-8-17)32-15-19(28)14-26-33(4,29)30/h7-10,12-13,16,26H,5-6,11,14-15H2,1-4H3. The molecule has 7 nitrogen and oxygen atoms in total. The molecule has 0 unspecified atom stereocenters. The van der Waals surface area contributed by atoms with Crippen LogP contribution < -0.4 is 19.1 Å². The maximum absolute atomic E-state index is 11.8. The van der Waals surface area contributed by atoms with Gasteiger partial charge in [0, 0.05) is 17.4 Å². The molecule has 0 radical (unpaired) electrons. The number of carbonyl (C=O) groups is 1. The van der Waals surface area contributed by atoms with Crippen molar-refractivity contribution in [2.45, 2.75) is 39.7 Å². The fourth-order valence-electron chi connectivity index (χ4n) is 3.02. The van der Waals surface area contributed by atoms with Gasteiger partial charge in [-0.15, -0.1) is 0 Å². The topological polar surface area (TPSA) is 84.9 Å². The minimum absolute atomic E-state index is 0.0967. The largest absolute Gasteiger partial charge is 0.490 e. The van der Waals surface area contributed by atoms with E-state index in [1.54, 1.807) is 12.1 Å². The number of carbonyl (C=O) groups excluding carboxylic acids is 1. The summed E-state index contributed by atoms with van der Waals surface area (Å²) in [7, 11) is -3.43. The highest BCUT2D eigenvalue weighted by Gasteiger charge is 2.18. The number of anilines is 2. The number of hydrogen-bond donors (Lipinski definition) is 1. The Bertz CT molecular complexity index is 1020. The second kappa shape index (κ2) is 12.5. The lowest BCUT2D eigenvalue weighted by molar-refractivity contribution is -0.119. The quantitative estimate of drug-likeness (QED) is 0.367. The molecular formula is C23H30Cl2N2O5S. The van der Waals surface area contributed by atoms with E-state index in [1.807, 2.05) is 38.1 Å². The Morgan fingerprint density at radius 3 is 2.18 bits per heavy atom. The second-order valence-electron chi connectivity index (χ2n) is 7.82. The van der Waals surface area contributed by atoms with E-state index in [0.29, 0.717) is 28.2 Å². The normalized spacial score (nSPS) is 11.5. The number of sulfonamides is 1. The number of Topliss-reactive ketones (excluding diaryl/α,β-unsaturated/α-hetero) is 1. The molecule has 0 saturated carbocycles. The third kappa shape index (κ3) is 8.70. The summed E-state index contributed by atoms with van der Waals surface area (Å²) in [6, 6.07) is 11.0. The lowest BCUT2D eigenvalue weighted by Crippen LogP contribution is -2.31. The van der Waals surface area contributed by atoms with Gasteiger partial charge in [0.1, 0.15) is 12.4 Å². The van der Waals surface area contributed by atoms with Crippen LogP contribution in [0.1, 0.15) is 33.6 Å². The number of nitrogens with one attached hydrogen (secondary N) is 1. The van der Waals surface area contributed by atoms with E-state index in [-0.39, 0.29) is 25.0 Å². The van der Waals surface area contributed by atoms with Gasteiger partial charge < -0.3 is 14.4 Å². The highest BCUT2D eigenvalue weighted by Crippen LogP contribution is 2.40. The molecule has 33 heavy (non-hydrogen) atoms. The van der Waals surface area contributed by atoms with Crippen LogP contribution >= 0.6 is 23.2 Å². The van der Waals surface area contributed by atoms with Gasteiger partial charge in [-0.1, -0.05) is 36.5 Å². The SMILES string of the molecule is CCCCOc1c(Cl)cc(N(c2ccc(OCC(=O)CNS(C)(=O)=O)cc2)C(C)C)cc1Cl. The monoisotopic (exact) mass is 516 g/mol. The molecule has 0 atom stereocenters. The first-order valence-electron chi connectivity index (χ1n) is 10.6. The van der Waals surface area contributed by atoms with Crippen molar-refractivity contribution in [3.63, 3.8) is 0 Å². The zero-order valence-corrected chi connectivity index (χ0v) is 21.6. The minimum atomic E-state index is -3.43. The van der Waals surface area contributed by atoms with E-state index in [0.717, 1.165) is 30.5 Å². The van der Waals surface area contributed by atoms with Crippen LogP contribution in [0.5, 0.6) is 11.5 Å². The van der Waals surface area contributed by atoms with E-state index >= 15 is 0 Å². The maximum atomic E-state index is 11.8. The summed E-state index contributed by atoms with van der Waals surface area (Å²) in [5, 5.41) is 0.890. The van der Waals surface area contributed by atoms with E-state index in [4.69, 9.17) is 32.7 Å². The number of benzene rings is 2. The van der Waals surface area contributed by atoms with Gasteiger partial charge in [0.2, 0.25) is 10.0 Å². The number of nitrogens with zero attached hydrogens (tertiary/aromatic N) is 1. The molecule has 0 aromatic heterocycles. The summed E-state index contributed by atoms with van der Waals surface area (Å²) in [5.41, 5.74) is 1.70. The summed E-state index contributed by atoms with van der Waals surface area (Å²) in [6.45, 7) is 6.19. The third-order valence-corrected chi connectivity index (χ3v) is 5.80. The van der Waals surface area contributed by atoms with Crippen molar-refractivity contribution in [3.05, 3.63) is 46.4 Å². The second-order valence-corrected chi connectivity index (χ2v) is 10.5. The van der Waals surface area contributed by atoms with Crippen molar-refractivity contribution in [2.75, 3.05) is 30.9 Å². The zero-order valence-electron chi connectivity index (χ0n) is 19.2. The van der Waals surface area contributed by atoms with Crippen LogP contribution in [0.4, 0.5) is 11.4 Å². The maximum Gasteiger partial charge on any atom is 0.209 e. The summed E-state index contributed by atoms with van der Waals surface area (Å²) in [6.07, 6.45) is 2.92. The molecule has 0 amide bonds. The minimum Gasteiger partial charge on any atom is -0.490 e. The Labute approximate surface area is 206 Å². The third-order valence-electron chi connectivity index (χ3n) is 4.57. The smallest absolute Gasteiger partial charge is 0.209 e. The first-order valence-corrected chi connectivity index (χ1v) is 13.3. The predicted molar refractivity (Wildman–Crippen MR) is 134 cm³/mol. The fourth-order valence-corrected chi connectivity index (χ4v) is 4.02. The molecule has 0 saturated heterocycles. The lowest BCUT2D eigenvalue weighted by atomic mass is 10.1. The van der Waals surface area contributed by atoms with Crippen molar-refractivity contribution in [1.29, 1.82) is 0 Å². The number of hydrogen-bond acceptors (Lipinski definition) is 6. The van der Waals surface area contributed by atoms with E-state index in [2.05, 4.69) is 16.5 Å². The molecule has 0 fully saturated rings. The predicted octanol–water partition coefficient (Wildman–Crippen LogP) is 5.22. The van der Waals surface area contributed by atoms with Crippen molar-refractivity contribution in [3.8, 4) is 11.5 Å². The van der Waals surface area contributed by atoms with Gasteiger partial charge in [-0.25, -0.2) is 13.1 Å². The van der Waals surface area contributed by atoms with Gasteiger partial charge >= 0.3 is 0 Å². The van der Waals surface area contributed by atoms with Crippen molar-refractivity contribution in [2.24, 2.45) is 0 Å². The lowest BCUT2D eigenvalue weighted by Gasteiger charge is -2.30. The Balaban J connectivity index is 2.13. The molecule has 0 heterocycles. The van der Waals surface area contributed by atoms with Crippen LogP contribution in [0.2, 0.25) is 10.0 Å². The molecule has 2 aromatic carbocycles. The van der Waals surface area contributed by atoms with Crippen LogP contribution in [0.3, 0.4) is 0 Å². The number of ether oxygens (including phenoxy) is 2. The van der Waals surface area contributed by atoms with Gasteiger partial charge in [-0.3, -0.25) is 4.79 Å². The molecule has 182 valence electrons.